The zero-order valence-electron chi connectivity index (χ0n) is 13.2. The number of fused-ring (bicyclic) bond motifs is 2. The van der Waals surface area contributed by atoms with E-state index in [0.29, 0.717) is 6.54 Å². The summed E-state index contributed by atoms with van der Waals surface area (Å²) in [6.45, 7) is 7.33. The summed E-state index contributed by atoms with van der Waals surface area (Å²) in [7, 11) is -1.39. The van der Waals surface area contributed by atoms with E-state index >= 15 is 0 Å². The van der Waals surface area contributed by atoms with Crippen molar-refractivity contribution in [2.45, 2.75) is 26.2 Å². The van der Waals surface area contributed by atoms with Crippen LogP contribution in [0.25, 0.3) is 21.8 Å². The third kappa shape index (κ3) is 2.70. The zero-order chi connectivity index (χ0) is 15.7. The molecule has 110 valence electrons. The molecule has 0 saturated carbocycles. The first-order chi connectivity index (χ1) is 10.5. The molecule has 3 aromatic rings. The van der Waals surface area contributed by atoms with E-state index in [9.17, 15) is 4.79 Å². The molecule has 0 atom stereocenters. The summed E-state index contributed by atoms with van der Waals surface area (Å²) in [6.07, 6.45) is 0. The maximum atomic E-state index is 12.6. The van der Waals surface area contributed by atoms with Gasteiger partial charge in [-0.1, -0.05) is 49.8 Å². The second-order valence-corrected chi connectivity index (χ2v) is 11.3. The van der Waals surface area contributed by atoms with Crippen molar-refractivity contribution in [1.29, 1.82) is 0 Å². The number of hydrogen-bond donors (Lipinski definition) is 0. The van der Waals surface area contributed by atoms with Crippen molar-refractivity contribution in [3.05, 3.63) is 58.8 Å². The molecular weight excluding hydrogens is 286 g/mol. The molecule has 1 heterocycles. The number of aromatic nitrogens is 1. The quantitative estimate of drug-likeness (QED) is 0.378. The fourth-order valence-electron chi connectivity index (χ4n) is 2.63. The lowest BCUT2D eigenvalue weighted by Gasteiger charge is -2.13. The molecule has 0 saturated heterocycles. The third-order valence-electron chi connectivity index (χ3n) is 3.58. The maximum Gasteiger partial charge on any atom is 0.197 e. The molecule has 3 rings (SSSR count). The Kier molecular flexibility index (Phi) is 3.64. The fourth-order valence-corrected chi connectivity index (χ4v) is 3.24. The van der Waals surface area contributed by atoms with E-state index in [2.05, 4.69) is 35.7 Å². The number of hydrogen-bond acceptors (Lipinski definition) is 1. The molecule has 0 N–H and O–H groups in total. The SMILES string of the molecule is C[Si](C)(C)C#CCn1c2ccccc2c(=O)c2ccccc21. The Hall–Kier alpha value is -2.31. The van der Waals surface area contributed by atoms with Gasteiger partial charge in [-0.15, -0.1) is 5.54 Å². The van der Waals surface area contributed by atoms with Crippen molar-refractivity contribution in [2.75, 3.05) is 0 Å². The van der Waals surface area contributed by atoms with Crippen LogP contribution in [0.5, 0.6) is 0 Å². The summed E-state index contributed by atoms with van der Waals surface area (Å²) < 4.78 is 2.15. The molecule has 2 aromatic carbocycles. The Morgan fingerprint density at radius 2 is 1.41 bits per heavy atom. The first-order valence-corrected chi connectivity index (χ1v) is 11.0. The Balaban J connectivity index is 2.31. The average Bonchev–Trinajstić information content (AvgIpc) is 2.49. The summed E-state index contributed by atoms with van der Waals surface area (Å²) in [5.41, 5.74) is 5.41. The molecule has 2 nitrogen and oxygen atoms in total. The maximum absolute atomic E-state index is 12.6. The Bertz CT molecular complexity index is 908. The van der Waals surface area contributed by atoms with Crippen LogP contribution < -0.4 is 5.43 Å². The molecular formula is C19H19NOSi. The highest BCUT2D eigenvalue weighted by Crippen LogP contribution is 2.18. The number of nitrogens with zero attached hydrogens (tertiary/aromatic N) is 1. The Morgan fingerprint density at radius 1 is 0.909 bits per heavy atom. The van der Waals surface area contributed by atoms with E-state index in [1.807, 2.05) is 48.5 Å². The minimum Gasteiger partial charge on any atom is -0.328 e. The summed E-state index contributed by atoms with van der Waals surface area (Å²) >= 11 is 0. The smallest absolute Gasteiger partial charge is 0.197 e. The summed E-state index contributed by atoms with van der Waals surface area (Å²) in [5.74, 6) is 3.32. The lowest BCUT2D eigenvalue weighted by molar-refractivity contribution is 0.915. The van der Waals surface area contributed by atoms with Crippen molar-refractivity contribution < 1.29 is 0 Å². The fraction of sp³-hybridized carbons (Fsp3) is 0.211. The third-order valence-corrected chi connectivity index (χ3v) is 4.51. The van der Waals surface area contributed by atoms with Crippen molar-refractivity contribution >= 4 is 29.9 Å². The van der Waals surface area contributed by atoms with Gasteiger partial charge >= 0.3 is 0 Å². The van der Waals surface area contributed by atoms with Gasteiger partial charge in [-0.25, -0.2) is 0 Å². The van der Waals surface area contributed by atoms with Gasteiger partial charge in [0.1, 0.15) is 8.07 Å². The molecule has 0 amide bonds. The first kappa shape index (κ1) is 14.6. The van der Waals surface area contributed by atoms with E-state index in [0.717, 1.165) is 21.8 Å². The minimum absolute atomic E-state index is 0.0978. The molecule has 0 aliphatic carbocycles. The molecule has 0 aliphatic rings. The van der Waals surface area contributed by atoms with Gasteiger partial charge in [0.25, 0.3) is 0 Å². The van der Waals surface area contributed by atoms with Crippen LogP contribution in [0.1, 0.15) is 0 Å². The van der Waals surface area contributed by atoms with Crippen molar-refractivity contribution in [3.63, 3.8) is 0 Å². The molecule has 0 bridgehead atoms. The van der Waals surface area contributed by atoms with Crippen LogP contribution in [0.4, 0.5) is 0 Å². The minimum atomic E-state index is -1.39. The highest BCUT2D eigenvalue weighted by Gasteiger charge is 2.10. The molecule has 3 heteroatoms. The molecule has 0 radical (unpaired) electrons. The van der Waals surface area contributed by atoms with Crippen LogP contribution in [0.2, 0.25) is 19.6 Å². The zero-order valence-corrected chi connectivity index (χ0v) is 14.2. The summed E-state index contributed by atoms with van der Waals surface area (Å²) in [4.78, 5) is 12.6. The van der Waals surface area contributed by atoms with Gasteiger partial charge in [0.05, 0.1) is 17.6 Å². The predicted octanol–water partition coefficient (Wildman–Crippen LogP) is 4.04. The Labute approximate surface area is 131 Å². The number of benzene rings is 2. The molecule has 22 heavy (non-hydrogen) atoms. The molecule has 0 spiro atoms. The van der Waals surface area contributed by atoms with Gasteiger partial charge in [-0.3, -0.25) is 4.79 Å². The molecule has 0 unspecified atom stereocenters. The van der Waals surface area contributed by atoms with Crippen molar-refractivity contribution in [3.8, 4) is 11.5 Å². The van der Waals surface area contributed by atoms with Crippen LogP contribution in [0.3, 0.4) is 0 Å². The Morgan fingerprint density at radius 3 is 1.91 bits per heavy atom. The lowest BCUT2D eigenvalue weighted by Crippen LogP contribution is -2.17. The van der Waals surface area contributed by atoms with E-state index in [4.69, 9.17) is 0 Å². The van der Waals surface area contributed by atoms with Crippen LogP contribution >= 0.6 is 0 Å². The number of para-hydroxylation sites is 2. The second kappa shape index (κ2) is 5.47. The summed E-state index contributed by atoms with van der Waals surface area (Å²) in [5, 5.41) is 1.52. The average molecular weight is 305 g/mol. The van der Waals surface area contributed by atoms with Gasteiger partial charge in [0.15, 0.2) is 5.43 Å². The number of pyridine rings is 1. The van der Waals surface area contributed by atoms with Crippen molar-refractivity contribution in [2.24, 2.45) is 0 Å². The van der Waals surface area contributed by atoms with Gasteiger partial charge in [-0.05, 0) is 24.3 Å². The summed E-state index contributed by atoms with van der Waals surface area (Å²) in [6, 6.07) is 15.6. The first-order valence-electron chi connectivity index (χ1n) is 7.48. The van der Waals surface area contributed by atoms with Gasteiger partial charge < -0.3 is 4.57 Å². The van der Waals surface area contributed by atoms with Crippen LogP contribution in [0, 0.1) is 11.5 Å². The molecule has 0 fully saturated rings. The van der Waals surface area contributed by atoms with E-state index < -0.39 is 8.07 Å². The predicted molar refractivity (Wildman–Crippen MR) is 96.8 cm³/mol. The topological polar surface area (TPSA) is 22.0 Å². The molecule has 0 aliphatic heterocycles. The molecule has 1 aromatic heterocycles. The monoisotopic (exact) mass is 305 g/mol. The van der Waals surface area contributed by atoms with Gasteiger partial charge in [0, 0.05) is 10.8 Å². The van der Waals surface area contributed by atoms with Crippen molar-refractivity contribution in [1.82, 2.24) is 4.57 Å². The second-order valence-electron chi connectivity index (χ2n) is 6.50. The standard InChI is InChI=1S/C19H19NOSi/c1-22(2,3)14-8-13-20-17-11-6-4-9-15(17)19(21)16-10-5-7-12-18(16)20/h4-7,9-12H,13H2,1-3H3. The van der Waals surface area contributed by atoms with Crippen LogP contribution in [-0.2, 0) is 6.54 Å². The van der Waals surface area contributed by atoms with E-state index in [-0.39, 0.29) is 5.43 Å². The van der Waals surface area contributed by atoms with Gasteiger partial charge in [0.2, 0.25) is 0 Å². The van der Waals surface area contributed by atoms with Crippen LogP contribution in [-0.4, -0.2) is 12.6 Å². The highest BCUT2D eigenvalue weighted by molar-refractivity contribution is 6.83. The van der Waals surface area contributed by atoms with Gasteiger partial charge in [-0.2, -0.15) is 0 Å². The normalized spacial score (nSPS) is 11.4. The van der Waals surface area contributed by atoms with E-state index in [1.165, 1.54) is 0 Å². The largest absolute Gasteiger partial charge is 0.328 e. The van der Waals surface area contributed by atoms with E-state index in [1.54, 1.807) is 0 Å². The highest BCUT2D eigenvalue weighted by atomic mass is 28.3. The lowest BCUT2D eigenvalue weighted by atomic mass is 10.1. The number of rotatable bonds is 1. The van der Waals surface area contributed by atoms with Crippen LogP contribution in [0.15, 0.2) is 53.3 Å².